The van der Waals surface area contributed by atoms with E-state index < -0.39 is 5.97 Å². The number of aryl methyl sites for hydroxylation is 1. The summed E-state index contributed by atoms with van der Waals surface area (Å²) < 4.78 is 1.75. The molecule has 0 atom stereocenters. The zero-order valence-electron chi connectivity index (χ0n) is 8.06. The third-order valence-electron chi connectivity index (χ3n) is 2.36. The molecule has 2 aromatic rings. The van der Waals surface area contributed by atoms with Crippen molar-refractivity contribution in [3.05, 3.63) is 35.5 Å². The van der Waals surface area contributed by atoms with Crippen LogP contribution in [0, 0.1) is 11.3 Å². The Morgan fingerprint density at radius 3 is 2.87 bits per heavy atom. The van der Waals surface area contributed by atoms with Gasteiger partial charge in [0, 0.05) is 24.1 Å². The maximum atomic E-state index is 10.8. The Hall–Kier alpha value is -2.28. The van der Waals surface area contributed by atoms with Crippen molar-refractivity contribution in [3.63, 3.8) is 0 Å². The molecule has 74 valence electrons. The first kappa shape index (κ1) is 9.28. The Morgan fingerprint density at radius 1 is 1.53 bits per heavy atom. The highest BCUT2D eigenvalue weighted by atomic mass is 16.4. The van der Waals surface area contributed by atoms with Crippen LogP contribution in [0.25, 0.3) is 10.9 Å². The molecule has 4 heteroatoms. The third-order valence-corrected chi connectivity index (χ3v) is 2.36. The SMILES string of the molecule is Cn1cc(C#N)c2ccc(C(=O)O)cc21. The lowest BCUT2D eigenvalue weighted by atomic mass is 10.1. The van der Waals surface area contributed by atoms with Crippen molar-refractivity contribution in [1.29, 1.82) is 5.26 Å². The van der Waals surface area contributed by atoms with Gasteiger partial charge in [0.1, 0.15) is 6.07 Å². The number of carboxylic acid groups (broad SMARTS) is 1. The van der Waals surface area contributed by atoms with E-state index in [1.165, 1.54) is 6.07 Å². The van der Waals surface area contributed by atoms with Gasteiger partial charge in [-0.2, -0.15) is 5.26 Å². The molecule has 1 heterocycles. The molecular formula is C11H8N2O2. The maximum Gasteiger partial charge on any atom is 0.335 e. The van der Waals surface area contributed by atoms with Crippen LogP contribution < -0.4 is 0 Å². The van der Waals surface area contributed by atoms with E-state index in [0.29, 0.717) is 5.56 Å². The van der Waals surface area contributed by atoms with Crippen LogP contribution in [0.1, 0.15) is 15.9 Å². The molecule has 0 radical (unpaired) electrons. The summed E-state index contributed by atoms with van der Waals surface area (Å²) in [7, 11) is 1.79. The van der Waals surface area contributed by atoms with Crippen molar-refractivity contribution in [2.45, 2.75) is 0 Å². The molecule has 0 spiro atoms. The second-order valence-electron chi connectivity index (χ2n) is 3.30. The second kappa shape index (κ2) is 3.14. The predicted octanol–water partition coefficient (Wildman–Crippen LogP) is 1.75. The molecule has 4 nitrogen and oxygen atoms in total. The summed E-state index contributed by atoms with van der Waals surface area (Å²) in [4.78, 5) is 10.8. The monoisotopic (exact) mass is 200 g/mol. The third kappa shape index (κ3) is 1.34. The predicted molar refractivity (Wildman–Crippen MR) is 54.6 cm³/mol. The number of benzene rings is 1. The average Bonchev–Trinajstić information content (AvgIpc) is 2.55. The van der Waals surface area contributed by atoms with Gasteiger partial charge in [-0.15, -0.1) is 0 Å². The molecular weight excluding hydrogens is 192 g/mol. The number of aromatic nitrogens is 1. The number of rotatable bonds is 1. The Morgan fingerprint density at radius 2 is 2.27 bits per heavy atom. The van der Waals surface area contributed by atoms with Crippen LogP contribution in [0.3, 0.4) is 0 Å². The quantitative estimate of drug-likeness (QED) is 0.762. The van der Waals surface area contributed by atoms with E-state index in [0.717, 1.165) is 10.9 Å². The summed E-state index contributed by atoms with van der Waals surface area (Å²) in [6.07, 6.45) is 1.69. The maximum absolute atomic E-state index is 10.8. The standard InChI is InChI=1S/C11H8N2O2/c1-13-6-8(5-12)9-3-2-7(11(14)15)4-10(9)13/h2-4,6H,1H3,(H,14,15). The second-order valence-corrected chi connectivity index (χ2v) is 3.30. The normalized spacial score (nSPS) is 10.1. The number of hydrogen-bond donors (Lipinski definition) is 1. The molecule has 0 aliphatic carbocycles. The number of nitriles is 1. The minimum atomic E-state index is -0.961. The zero-order chi connectivity index (χ0) is 11.0. The van der Waals surface area contributed by atoms with E-state index in [-0.39, 0.29) is 5.56 Å². The van der Waals surface area contributed by atoms with Crippen molar-refractivity contribution < 1.29 is 9.90 Å². The van der Waals surface area contributed by atoms with Gasteiger partial charge in [-0.3, -0.25) is 0 Å². The number of carbonyl (C=O) groups is 1. The number of nitrogens with zero attached hydrogens (tertiary/aromatic N) is 2. The minimum absolute atomic E-state index is 0.230. The fourth-order valence-electron chi connectivity index (χ4n) is 1.61. The van der Waals surface area contributed by atoms with E-state index in [9.17, 15) is 4.79 Å². The summed E-state index contributed by atoms with van der Waals surface area (Å²) in [6, 6.07) is 6.81. The first-order chi connectivity index (χ1) is 7.13. The van der Waals surface area contributed by atoms with Crippen molar-refractivity contribution >= 4 is 16.9 Å². The summed E-state index contributed by atoms with van der Waals surface area (Å²) in [5.74, 6) is -0.961. The molecule has 1 aromatic heterocycles. The van der Waals surface area contributed by atoms with Gasteiger partial charge in [0.05, 0.1) is 11.1 Å². The lowest BCUT2D eigenvalue weighted by molar-refractivity contribution is 0.0697. The van der Waals surface area contributed by atoms with E-state index in [1.807, 2.05) is 0 Å². The van der Waals surface area contributed by atoms with Crippen molar-refractivity contribution in [1.82, 2.24) is 4.57 Å². The van der Waals surface area contributed by atoms with Crippen LogP contribution >= 0.6 is 0 Å². The fourth-order valence-corrected chi connectivity index (χ4v) is 1.61. The minimum Gasteiger partial charge on any atom is -0.478 e. The van der Waals surface area contributed by atoms with Gasteiger partial charge in [0.2, 0.25) is 0 Å². The number of hydrogen-bond acceptors (Lipinski definition) is 2. The molecule has 0 aliphatic heterocycles. The molecule has 1 aromatic carbocycles. The fraction of sp³-hybridized carbons (Fsp3) is 0.0909. The van der Waals surface area contributed by atoms with Crippen LogP contribution in [-0.4, -0.2) is 15.6 Å². The Labute approximate surface area is 86.0 Å². The van der Waals surface area contributed by atoms with Crippen molar-refractivity contribution in [2.75, 3.05) is 0 Å². The van der Waals surface area contributed by atoms with Gasteiger partial charge >= 0.3 is 5.97 Å². The molecule has 0 saturated carbocycles. The van der Waals surface area contributed by atoms with Crippen LogP contribution in [0.2, 0.25) is 0 Å². The average molecular weight is 200 g/mol. The molecule has 0 amide bonds. The number of fused-ring (bicyclic) bond motifs is 1. The number of aromatic carboxylic acids is 1. The van der Waals surface area contributed by atoms with E-state index in [2.05, 4.69) is 6.07 Å². The highest BCUT2D eigenvalue weighted by molar-refractivity contribution is 5.95. The lowest BCUT2D eigenvalue weighted by Crippen LogP contribution is -1.96. The molecule has 2 rings (SSSR count). The van der Waals surface area contributed by atoms with E-state index in [4.69, 9.17) is 10.4 Å². The zero-order valence-corrected chi connectivity index (χ0v) is 8.06. The highest BCUT2D eigenvalue weighted by Crippen LogP contribution is 2.21. The lowest BCUT2D eigenvalue weighted by Gasteiger charge is -1.97. The molecule has 15 heavy (non-hydrogen) atoms. The Balaban J connectivity index is 2.79. The van der Waals surface area contributed by atoms with E-state index in [1.54, 1.807) is 29.9 Å². The Bertz CT molecular complexity index is 590. The van der Waals surface area contributed by atoms with Crippen LogP contribution in [0.15, 0.2) is 24.4 Å². The topological polar surface area (TPSA) is 66.0 Å². The molecule has 0 saturated heterocycles. The smallest absolute Gasteiger partial charge is 0.335 e. The summed E-state index contributed by atoms with van der Waals surface area (Å²) in [6.45, 7) is 0. The molecule has 0 bridgehead atoms. The highest BCUT2D eigenvalue weighted by Gasteiger charge is 2.09. The van der Waals surface area contributed by atoms with Gasteiger partial charge in [0.15, 0.2) is 0 Å². The van der Waals surface area contributed by atoms with Crippen LogP contribution in [0.5, 0.6) is 0 Å². The van der Waals surface area contributed by atoms with Gasteiger partial charge in [-0.05, 0) is 12.1 Å². The number of carboxylic acids is 1. The van der Waals surface area contributed by atoms with Gasteiger partial charge in [-0.1, -0.05) is 6.07 Å². The van der Waals surface area contributed by atoms with Crippen LogP contribution in [-0.2, 0) is 7.05 Å². The van der Waals surface area contributed by atoms with Crippen molar-refractivity contribution in [2.24, 2.45) is 7.05 Å². The van der Waals surface area contributed by atoms with Gasteiger partial charge < -0.3 is 9.67 Å². The van der Waals surface area contributed by atoms with Gasteiger partial charge in [0.25, 0.3) is 0 Å². The first-order valence-electron chi connectivity index (χ1n) is 4.36. The van der Waals surface area contributed by atoms with Crippen LogP contribution in [0.4, 0.5) is 0 Å². The summed E-state index contributed by atoms with van der Waals surface area (Å²) >= 11 is 0. The Kier molecular flexibility index (Phi) is 1.94. The molecule has 0 unspecified atom stereocenters. The van der Waals surface area contributed by atoms with Gasteiger partial charge in [-0.25, -0.2) is 4.79 Å². The van der Waals surface area contributed by atoms with E-state index >= 15 is 0 Å². The van der Waals surface area contributed by atoms with Crippen molar-refractivity contribution in [3.8, 4) is 6.07 Å². The molecule has 0 fully saturated rings. The molecule has 0 aliphatic rings. The summed E-state index contributed by atoms with van der Waals surface area (Å²) in [5, 5.41) is 18.5. The first-order valence-corrected chi connectivity index (χ1v) is 4.36. The summed E-state index contributed by atoms with van der Waals surface area (Å²) in [5.41, 5.74) is 1.55. The largest absolute Gasteiger partial charge is 0.478 e. The molecule has 1 N–H and O–H groups in total.